The van der Waals surface area contributed by atoms with Crippen molar-refractivity contribution in [3.8, 4) is 11.4 Å². The van der Waals surface area contributed by atoms with Gasteiger partial charge in [-0.15, -0.1) is 15.3 Å². The van der Waals surface area contributed by atoms with Gasteiger partial charge in [-0.1, -0.05) is 47.3 Å². The number of rotatable bonds is 5. The second-order valence-corrected chi connectivity index (χ2v) is 8.57. The van der Waals surface area contributed by atoms with E-state index in [4.69, 9.17) is 4.74 Å². The van der Waals surface area contributed by atoms with Crippen LogP contribution in [0, 0.1) is 0 Å². The minimum absolute atomic E-state index is 0.171. The van der Waals surface area contributed by atoms with E-state index < -0.39 is 0 Å². The van der Waals surface area contributed by atoms with Crippen LogP contribution in [0.1, 0.15) is 0 Å². The maximum Gasteiger partial charge on any atom is 0.278 e. The first-order chi connectivity index (χ1) is 17.2. The summed E-state index contributed by atoms with van der Waals surface area (Å²) in [5, 5.41) is 18.4. The molecule has 0 saturated heterocycles. The number of thioether (sulfide) groups is 1. The largest absolute Gasteiger partial charge is 0.497 e. The lowest BCUT2D eigenvalue weighted by Crippen LogP contribution is -2.23. The average molecular weight is 484 g/mol. The predicted molar refractivity (Wildman–Crippen MR) is 132 cm³/mol. The summed E-state index contributed by atoms with van der Waals surface area (Å²) in [6.45, 7) is 0. The Morgan fingerprint density at radius 2 is 1.66 bits per heavy atom. The Hall–Kier alpha value is -4.51. The zero-order valence-electron chi connectivity index (χ0n) is 18.4. The topological polar surface area (TPSA) is 109 Å². The van der Waals surface area contributed by atoms with Gasteiger partial charge in [-0.25, -0.2) is 4.57 Å². The molecule has 0 unspecified atom stereocenters. The van der Waals surface area contributed by atoms with Gasteiger partial charge in [0, 0.05) is 6.07 Å². The Labute approximate surface area is 201 Å². The van der Waals surface area contributed by atoms with Crippen molar-refractivity contribution in [1.29, 1.82) is 0 Å². The molecule has 0 aliphatic carbocycles. The number of hydrogen-bond acceptors (Lipinski definition) is 8. The number of aromatic nitrogens is 7. The van der Waals surface area contributed by atoms with E-state index in [0.717, 1.165) is 0 Å². The quantitative estimate of drug-likeness (QED) is 0.344. The molecule has 0 N–H and O–H groups in total. The minimum atomic E-state index is -0.241. The van der Waals surface area contributed by atoms with Crippen molar-refractivity contribution in [1.82, 2.24) is 34.2 Å². The number of ether oxygens (including phenoxy) is 1. The van der Waals surface area contributed by atoms with Crippen LogP contribution in [-0.4, -0.2) is 41.3 Å². The van der Waals surface area contributed by atoms with Gasteiger partial charge in [-0.3, -0.25) is 14.0 Å². The van der Waals surface area contributed by atoms with Crippen LogP contribution >= 0.6 is 11.8 Å². The molecule has 0 amide bonds. The third kappa shape index (κ3) is 3.44. The lowest BCUT2D eigenvalue weighted by molar-refractivity contribution is 0.414. The third-order valence-electron chi connectivity index (χ3n) is 5.65. The number of para-hydroxylation sites is 1. The van der Waals surface area contributed by atoms with Crippen LogP contribution in [-0.2, 0) is 5.88 Å². The first kappa shape index (κ1) is 21.1. The molecule has 3 aromatic carbocycles. The van der Waals surface area contributed by atoms with E-state index in [2.05, 4.69) is 20.5 Å². The molecule has 0 bridgehead atoms. The Morgan fingerprint density at radius 1 is 0.857 bits per heavy atom. The highest BCUT2D eigenvalue weighted by atomic mass is 32.2. The van der Waals surface area contributed by atoms with Crippen LogP contribution in [0.5, 0.6) is 5.75 Å². The fourth-order valence-electron chi connectivity index (χ4n) is 3.98. The highest BCUT2D eigenvalue weighted by Gasteiger charge is 2.18. The lowest BCUT2D eigenvalue weighted by atomic mass is 10.2. The zero-order chi connectivity index (χ0) is 23.9. The molecule has 0 atom stereocenters. The van der Waals surface area contributed by atoms with Crippen molar-refractivity contribution in [2.24, 2.45) is 0 Å². The van der Waals surface area contributed by atoms with Crippen molar-refractivity contribution in [2.45, 2.75) is 11.0 Å². The maximum atomic E-state index is 13.5. The maximum absolute atomic E-state index is 13.5. The van der Waals surface area contributed by atoms with Gasteiger partial charge in [0.25, 0.3) is 11.1 Å². The van der Waals surface area contributed by atoms with Crippen LogP contribution in [0.25, 0.3) is 33.3 Å². The molecule has 0 spiro atoms. The average Bonchev–Trinajstić information content (AvgIpc) is 3.32. The second kappa shape index (κ2) is 8.37. The standard InChI is InChI=1S/C24H17N7O3S/c1-34-16-8-6-7-15(13-16)30-22(33)18-10-3-5-12-20(18)31-23(30)26-27-24(31)35-14-29-21(32)17-9-2-4-11-19(17)25-28-29/h2-13H,14H2,1H3. The molecule has 0 aliphatic rings. The first-order valence-electron chi connectivity index (χ1n) is 10.6. The Balaban J connectivity index is 1.51. The molecular weight excluding hydrogens is 466 g/mol. The highest BCUT2D eigenvalue weighted by Crippen LogP contribution is 2.25. The zero-order valence-corrected chi connectivity index (χ0v) is 19.2. The van der Waals surface area contributed by atoms with Crippen molar-refractivity contribution in [2.75, 3.05) is 7.11 Å². The van der Waals surface area contributed by atoms with E-state index in [1.54, 1.807) is 47.9 Å². The highest BCUT2D eigenvalue weighted by molar-refractivity contribution is 7.98. The summed E-state index contributed by atoms with van der Waals surface area (Å²) >= 11 is 1.27. The van der Waals surface area contributed by atoms with E-state index in [1.807, 2.05) is 36.4 Å². The predicted octanol–water partition coefficient (Wildman–Crippen LogP) is 2.90. The molecular formula is C24H17N7O3S. The van der Waals surface area contributed by atoms with Crippen molar-refractivity contribution < 1.29 is 4.74 Å². The summed E-state index contributed by atoms with van der Waals surface area (Å²) in [5.74, 6) is 1.13. The van der Waals surface area contributed by atoms with Crippen LogP contribution in [0.15, 0.2) is 87.5 Å². The van der Waals surface area contributed by atoms with Gasteiger partial charge >= 0.3 is 0 Å². The van der Waals surface area contributed by atoms with E-state index in [1.165, 1.54) is 21.0 Å². The van der Waals surface area contributed by atoms with Gasteiger partial charge in [0.1, 0.15) is 11.3 Å². The van der Waals surface area contributed by atoms with Gasteiger partial charge < -0.3 is 4.74 Å². The van der Waals surface area contributed by atoms with Crippen LogP contribution in [0.2, 0.25) is 0 Å². The third-order valence-corrected chi connectivity index (χ3v) is 6.55. The smallest absolute Gasteiger partial charge is 0.278 e. The lowest BCUT2D eigenvalue weighted by Gasteiger charge is -2.12. The Morgan fingerprint density at radius 3 is 2.51 bits per heavy atom. The van der Waals surface area contributed by atoms with Crippen LogP contribution < -0.4 is 15.9 Å². The number of benzene rings is 3. The molecule has 0 fully saturated rings. The molecule has 6 rings (SSSR count). The fraction of sp³-hybridized carbons (Fsp3) is 0.0833. The number of fused-ring (bicyclic) bond motifs is 4. The summed E-state index contributed by atoms with van der Waals surface area (Å²) in [7, 11) is 1.57. The molecule has 3 heterocycles. The first-order valence-corrected chi connectivity index (χ1v) is 11.6. The molecule has 0 aliphatic heterocycles. The number of hydrogen-bond donors (Lipinski definition) is 0. The van der Waals surface area contributed by atoms with Crippen molar-refractivity contribution in [3.05, 3.63) is 93.5 Å². The van der Waals surface area contributed by atoms with Crippen molar-refractivity contribution in [3.63, 3.8) is 0 Å². The van der Waals surface area contributed by atoms with E-state index in [9.17, 15) is 9.59 Å². The van der Waals surface area contributed by atoms with Gasteiger partial charge in [-0.2, -0.15) is 4.68 Å². The second-order valence-electron chi connectivity index (χ2n) is 7.66. The summed E-state index contributed by atoms with van der Waals surface area (Å²) in [5.41, 5.74) is 1.35. The summed E-state index contributed by atoms with van der Waals surface area (Å²) in [6, 6.07) is 21.5. The summed E-state index contributed by atoms with van der Waals surface area (Å²) in [4.78, 5) is 26.3. The minimum Gasteiger partial charge on any atom is -0.497 e. The Kier molecular flexibility index (Phi) is 5.03. The molecule has 3 aromatic heterocycles. The van der Waals surface area contributed by atoms with E-state index >= 15 is 0 Å². The van der Waals surface area contributed by atoms with E-state index in [-0.39, 0.29) is 17.0 Å². The normalized spacial score (nSPS) is 11.5. The summed E-state index contributed by atoms with van der Waals surface area (Å²) in [6.07, 6.45) is 0. The molecule has 6 aromatic rings. The van der Waals surface area contributed by atoms with Crippen molar-refractivity contribution >= 4 is 39.3 Å². The van der Waals surface area contributed by atoms with Gasteiger partial charge in [0.05, 0.1) is 35.0 Å². The van der Waals surface area contributed by atoms with Gasteiger partial charge in [-0.05, 0) is 36.4 Å². The number of methoxy groups -OCH3 is 1. The van der Waals surface area contributed by atoms with Gasteiger partial charge in [0.2, 0.25) is 5.78 Å². The Bertz CT molecular complexity index is 1860. The molecule has 35 heavy (non-hydrogen) atoms. The van der Waals surface area contributed by atoms with Gasteiger partial charge in [0.15, 0.2) is 5.16 Å². The molecule has 10 nitrogen and oxygen atoms in total. The SMILES string of the molecule is COc1cccc(-n2c(=O)c3ccccc3n3c(SCn4nnc5ccccc5c4=O)nnc23)c1. The summed E-state index contributed by atoms with van der Waals surface area (Å²) < 4.78 is 9.94. The van der Waals surface area contributed by atoms with Crippen LogP contribution in [0.4, 0.5) is 0 Å². The van der Waals surface area contributed by atoms with Crippen LogP contribution in [0.3, 0.4) is 0 Å². The number of nitrogens with zero attached hydrogens (tertiary/aromatic N) is 7. The molecule has 11 heteroatoms. The molecule has 172 valence electrons. The fourth-order valence-corrected chi connectivity index (χ4v) is 4.80. The molecule has 0 saturated carbocycles. The monoisotopic (exact) mass is 483 g/mol. The molecule has 0 radical (unpaired) electrons. The van der Waals surface area contributed by atoms with E-state index in [0.29, 0.717) is 44.2 Å².